The average Bonchev–Trinajstić information content (AvgIpc) is 3.06. The van der Waals surface area contributed by atoms with Gasteiger partial charge >= 0.3 is 0 Å². The molecule has 0 saturated carbocycles. The fraction of sp³-hybridized carbons (Fsp3) is 0.423. The lowest BCUT2D eigenvalue weighted by atomic mass is 9.95. The standard InChI is InChI=1S/C26H36N6O/c1-4-6-12-23-29-26(3,17-7-5-2)25(33)32(23)18-19-13-15-20(16-14-19)21-10-8-9-11-22(21)24(27)30-31-28/h8-11,13-16,31H,4-7,12,17-18,28H2,1-3H3,(H2,27,30). The summed E-state index contributed by atoms with van der Waals surface area (Å²) in [5.41, 5.74) is 11.5. The molecule has 1 aliphatic rings. The summed E-state index contributed by atoms with van der Waals surface area (Å²) in [6.07, 6.45) is 5.80. The number of hydrazone groups is 1. The molecule has 0 saturated heterocycles. The lowest BCUT2D eigenvalue weighted by Gasteiger charge is -2.23. The van der Waals surface area contributed by atoms with Crippen molar-refractivity contribution < 1.29 is 4.79 Å². The molecule has 0 radical (unpaired) electrons. The molecule has 3 rings (SSSR count). The predicted octanol–water partition coefficient (Wildman–Crippen LogP) is 4.32. The van der Waals surface area contributed by atoms with E-state index in [1.807, 2.05) is 36.1 Å². The van der Waals surface area contributed by atoms with E-state index in [9.17, 15) is 4.79 Å². The van der Waals surface area contributed by atoms with Crippen molar-refractivity contribution in [3.63, 3.8) is 0 Å². The van der Waals surface area contributed by atoms with E-state index in [1.54, 1.807) is 0 Å². The summed E-state index contributed by atoms with van der Waals surface area (Å²) >= 11 is 0. The maximum Gasteiger partial charge on any atom is 0.255 e. The summed E-state index contributed by atoms with van der Waals surface area (Å²) in [7, 11) is 0. The van der Waals surface area contributed by atoms with Gasteiger partial charge in [-0.25, -0.2) is 11.4 Å². The molecule has 0 bridgehead atoms. The molecule has 1 amide bonds. The van der Waals surface area contributed by atoms with Crippen LogP contribution in [0.2, 0.25) is 0 Å². The zero-order valence-electron chi connectivity index (χ0n) is 20.0. The number of hydrogen-bond acceptors (Lipinski definition) is 5. The van der Waals surface area contributed by atoms with Crippen LogP contribution in [-0.4, -0.2) is 28.0 Å². The minimum atomic E-state index is -0.633. The number of carbonyl (C=O) groups excluding carboxylic acids is 1. The molecule has 2 aromatic rings. The van der Waals surface area contributed by atoms with Crippen molar-refractivity contribution in [3.8, 4) is 11.1 Å². The number of amidine groups is 2. The molecule has 1 heterocycles. The van der Waals surface area contributed by atoms with Crippen molar-refractivity contribution in [3.05, 3.63) is 59.7 Å². The minimum Gasteiger partial charge on any atom is -0.382 e. The molecule has 0 spiro atoms. The van der Waals surface area contributed by atoms with Gasteiger partial charge in [-0.1, -0.05) is 81.6 Å². The van der Waals surface area contributed by atoms with Gasteiger partial charge in [-0.2, -0.15) is 0 Å². The highest BCUT2D eigenvalue weighted by molar-refractivity contribution is 6.08. The molecule has 7 nitrogen and oxygen atoms in total. The quantitative estimate of drug-likeness (QED) is 0.206. The van der Waals surface area contributed by atoms with Crippen LogP contribution in [0.5, 0.6) is 0 Å². The fourth-order valence-corrected chi connectivity index (χ4v) is 4.23. The van der Waals surface area contributed by atoms with Crippen LogP contribution in [-0.2, 0) is 11.3 Å². The summed E-state index contributed by atoms with van der Waals surface area (Å²) in [5, 5.41) is 3.91. The van der Waals surface area contributed by atoms with Crippen molar-refractivity contribution >= 4 is 17.6 Å². The van der Waals surface area contributed by atoms with Crippen LogP contribution in [0.3, 0.4) is 0 Å². The zero-order chi connectivity index (χ0) is 23.8. The Hall–Kier alpha value is -3.19. The van der Waals surface area contributed by atoms with Crippen molar-refractivity contribution in [2.75, 3.05) is 0 Å². The summed E-state index contributed by atoms with van der Waals surface area (Å²) in [5.74, 6) is 6.66. The van der Waals surface area contributed by atoms with E-state index in [2.05, 4.69) is 48.7 Å². The minimum absolute atomic E-state index is 0.120. The zero-order valence-corrected chi connectivity index (χ0v) is 20.0. The third kappa shape index (κ3) is 5.60. The number of rotatable bonds is 11. The van der Waals surface area contributed by atoms with Crippen LogP contribution >= 0.6 is 0 Å². The van der Waals surface area contributed by atoms with Gasteiger partial charge < -0.3 is 5.73 Å². The second-order valence-corrected chi connectivity index (χ2v) is 8.77. The van der Waals surface area contributed by atoms with Crippen LogP contribution in [0.25, 0.3) is 11.1 Å². The summed E-state index contributed by atoms with van der Waals surface area (Å²) < 4.78 is 0. The summed E-state index contributed by atoms with van der Waals surface area (Å²) in [4.78, 5) is 20.2. The van der Waals surface area contributed by atoms with Crippen molar-refractivity contribution in [2.24, 2.45) is 21.7 Å². The molecule has 1 aliphatic heterocycles. The maximum absolute atomic E-state index is 13.3. The monoisotopic (exact) mass is 448 g/mol. The Morgan fingerprint density at radius 2 is 1.79 bits per heavy atom. The number of amides is 1. The van der Waals surface area contributed by atoms with E-state index in [-0.39, 0.29) is 5.91 Å². The molecule has 5 N–H and O–H groups in total. The molecule has 0 aliphatic carbocycles. The van der Waals surface area contributed by atoms with Gasteiger partial charge in [0.2, 0.25) is 0 Å². The Morgan fingerprint density at radius 3 is 2.45 bits per heavy atom. The third-order valence-corrected chi connectivity index (χ3v) is 6.16. The SMILES string of the molecule is CCCCC1=NC(C)(CCCC)C(=O)N1Cc1ccc(-c2ccccc2/C(N)=N/NN)cc1. The first kappa shape index (κ1) is 24.5. The second kappa shape index (κ2) is 11.1. The Kier molecular flexibility index (Phi) is 8.22. The van der Waals surface area contributed by atoms with E-state index in [0.29, 0.717) is 12.4 Å². The van der Waals surface area contributed by atoms with E-state index >= 15 is 0 Å². The fourth-order valence-electron chi connectivity index (χ4n) is 4.23. The van der Waals surface area contributed by atoms with Crippen LogP contribution in [0.4, 0.5) is 0 Å². The van der Waals surface area contributed by atoms with Crippen molar-refractivity contribution in [1.82, 2.24) is 10.4 Å². The molecule has 7 heteroatoms. The smallest absolute Gasteiger partial charge is 0.255 e. The van der Waals surface area contributed by atoms with Crippen molar-refractivity contribution in [2.45, 2.75) is 71.4 Å². The van der Waals surface area contributed by atoms with Crippen LogP contribution in [0.15, 0.2) is 58.6 Å². The number of carbonyl (C=O) groups is 1. The molecule has 33 heavy (non-hydrogen) atoms. The first-order valence-electron chi connectivity index (χ1n) is 11.8. The van der Waals surface area contributed by atoms with Crippen LogP contribution in [0.1, 0.15) is 70.4 Å². The molecule has 176 valence electrons. The first-order chi connectivity index (χ1) is 15.9. The number of unbranched alkanes of at least 4 members (excludes halogenated alkanes) is 2. The normalized spacial score (nSPS) is 18.5. The van der Waals surface area contributed by atoms with E-state index in [0.717, 1.165) is 66.6 Å². The molecular weight excluding hydrogens is 412 g/mol. The highest BCUT2D eigenvalue weighted by Crippen LogP contribution is 2.31. The van der Waals surface area contributed by atoms with E-state index in [1.165, 1.54) is 0 Å². The number of aliphatic imine (C=N–C) groups is 1. The topological polar surface area (TPSA) is 109 Å². The molecule has 0 fully saturated rings. The Bertz CT molecular complexity index is 1010. The number of nitrogens with zero attached hydrogens (tertiary/aromatic N) is 3. The summed E-state index contributed by atoms with van der Waals surface area (Å²) in [6, 6.07) is 16.0. The lowest BCUT2D eigenvalue weighted by molar-refractivity contribution is -0.131. The first-order valence-corrected chi connectivity index (χ1v) is 11.8. The molecular formula is C26H36N6O. The lowest BCUT2D eigenvalue weighted by Crippen LogP contribution is -2.40. The van der Waals surface area contributed by atoms with Gasteiger partial charge in [0.05, 0.1) is 6.54 Å². The Labute approximate surface area is 196 Å². The van der Waals surface area contributed by atoms with E-state index < -0.39 is 5.54 Å². The van der Waals surface area contributed by atoms with Gasteiger partial charge in [0.25, 0.3) is 5.91 Å². The van der Waals surface area contributed by atoms with Crippen molar-refractivity contribution in [1.29, 1.82) is 0 Å². The number of hydrazine groups is 1. The highest BCUT2D eigenvalue weighted by atomic mass is 16.2. The predicted molar refractivity (Wildman–Crippen MR) is 135 cm³/mol. The maximum atomic E-state index is 13.3. The van der Waals surface area contributed by atoms with Gasteiger partial charge in [-0.05, 0) is 36.5 Å². The van der Waals surface area contributed by atoms with Gasteiger partial charge in [0.15, 0.2) is 5.84 Å². The van der Waals surface area contributed by atoms with Crippen LogP contribution < -0.4 is 17.1 Å². The largest absolute Gasteiger partial charge is 0.382 e. The molecule has 1 atom stereocenters. The number of nitrogens with two attached hydrogens (primary N) is 2. The molecule has 0 aromatic heterocycles. The number of benzene rings is 2. The highest BCUT2D eigenvalue weighted by Gasteiger charge is 2.43. The van der Waals surface area contributed by atoms with Gasteiger partial charge in [-0.3, -0.25) is 14.7 Å². The number of hydrogen-bond donors (Lipinski definition) is 3. The van der Waals surface area contributed by atoms with Gasteiger partial charge in [-0.15, -0.1) is 5.10 Å². The number of nitrogens with one attached hydrogen (secondary N) is 1. The summed E-state index contributed by atoms with van der Waals surface area (Å²) in [6.45, 7) is 6.83. The Morgan fingerprint density at radius 1 is 1.09 bits per heavy atom. The van der Waals surface area contributed by atoms with Crippen LogP contribution in [0, 0.1) is 0 Å². The molecule has 2 aromatic carbocycles. The Balaban J connectivity index is 1.83. The van der Waals surface area contributed by atoms with Gasteiger partial charge in [0.1, 0.15) is 11.4 Å². The third-order valence-electron chi connectivity index (χ3n) is 6.16. The average molecular weight is 449 g/mol. The molecule has 1 unspecified atom stereocenters. The van der Waals surface area contributed by atoms with E-state index in [4.69, 9.17) is 16.6 Å². The van der Waals surface area contributed by atoms with Gasteiger partial charge in [0, 0.05) is 12.0 Å². The second-order valence-electron chi connectivity index (χ2n) is 8.77.